The molecule has 1 unspecified atom stereocenters. The zero-order chi connectivity index (χ0) is 24.2. The van der Waals surface area contributed by atoms with Gasteiger partial charge in [-0.15, -0.1) is 0 Å². The third-order valence-electron chi connectivity index (χ3n) is 6.68. The molecule has 5 rings (SSSR count). The van der Waals surface area contributed by atoms with Crippen LogP contribution in [0.4, 0.5) is 11.4 Å². The summed E-state index contributed by atoms with van der Waals surface area (Å²) in [7, 11) is 0. The number of hydrogen-bond donors (Lipinski definition) is 2. The lowest BCUT2D eigenvalue weighted by molar-refractivity contribution is -0.121. The van der Waals surface area contributed by atoms with Crippen molar-refractivity contribution in [1.82, 2.24) is 5.32 Å². The zero-order valence-corrected chi connectivity index (χ0v) is 20.0. The summed E-state index contributed by atoms with van der Waals surface area (Å²) in [5.41, 5.74) is 6.07. The van der Waals surface area contributed by atoms with Gasteiger partial charge in [-0.05, 0) is 61.1 Å². The van der Waals surface area contributed by atoms with E-state index >= 15 is 0 Å². The minimum Gasteiger partial charge on any atom is -0.482 e. The average Bonchev–Trinajstić information content (AvgIpc) is 2.88. The first-order chi connectivity index (χ1) is 17.1. The molecular formula is C29H31N3O3. The molecule has 1 fully saturated rings. The molecule has 0 spiro atoms. The molecule has 2 aliphatic heterocycles. The first kappa shape index (κ1) is 23.0. The van der Waals surface area contributed by atoms with Gasteiger partial charge >= 0.3 is 0 Å². The Bertz CT molecular complexity index is 1220. The predicted molar refractivity (Wildman–Crippen MR) is 138 cm³/mol. The number of aryl methyl sites for hydroxylation is 1. The summed E-state index contributed by atoms with van der Waals surface area (Å²) in [4.78, 5) is 27.3. The van der Waals surface area contributed by atoms with Crippen LogP contribution in [0.1, 0.15) is 47.6 Å². The van der Waals surface area contributed by atoms with E-state index in [4.69, 9.17) is 4.74 Å². The highest BCUT2D eigenvalue weighted by atomic mass is 16.5. The molecule has 6 heteroatoms. The fraction of sp³-hybridized carbons (Fsp3) is 0.310. The summed E-state index contributed by atoms with van der Waals surface area (Å²) in [5, 5.41) is 6.10. The van der Waals surface area contributed by atoms with E-state index in [1.807, 2.05) is 30.3 Å². The van der Waals surface area contributed by atoms with Gasteiger partial charge in [-0.1, -0.05) is 48.5 Å². The maximum atomic E-state index is 13.3. The second kappa shape index (κ2) is 10.2. The lowest BCUT2D eigenvalue weighted by Gasteiger charge is -2.33. The molecule has 35 heavy (non-hydrogen) atoms. The third-order valence-corrected chi connectivity index (χ3v) is 6.68. The van der Waals surface area contributed by atoms with Crippen molar-refractivity contribution in [2.45, 2.75) is 38.6 Å². The Hall–Kier alpha value is -3.80. The second-order valence-electron chi connectivity index (χ2n) is 9.37. The van der Waals surface area contributed by atoms with Gasteiger partial charge in [-0.25, -0.2) is 0 Å². The van der Waals surface area contributed by atoms with Gasteiger partial charge in [-0.2, -0.15) is 0 Å². The van der Waals surface area contributed by atoms with Crippen LogP contribution in [0.2, 0.25) is 0 Å². The Morgan fingerprint density at radius 1 is 1.03 bits per heavy atom. The summed E-state index contributed by atoms with van der Waals surface area (Å²) < 4.78 is 5.52. The van der Waals surface area contributed by atoms with Gasteiger partial charge in [0.1, 0.15) is 5.75 Å². The van der Waals surface area contributed by atoms with Gasteiger partial charge in [0.25, 0.3) is 5.91 Å². The van der Waals surface area contributed by atoms with Gasteiger partial charge in [0.15, 0.2) is 6.61 Å². The Labute approximate surface area is 206 Å². The number of amides is 2. The van der Waals surface area contributed by atoms with Crippen LogP contribution in [0, 0.1) is 6.92 Å². The van der Waals surface area contributed by atoms with E-state index < -0.39 is 0 Å². The number of nitrogens with zero attached hydrogens (tertiary/aromatic N) is 1. The molecule has 1 saturated heterocycles. The highest BCUT2D eigenvalue weighted by Crippen LogP contribution is 2.34. The topological polar surface area (TPSA) is 70.7 Å². The van der Waals surface area contributed by atoms with Crippen LogP contribution < -0.4 is 20.3 Å². The molecule has 6 nitrogen and oxygen atoms in total. The zero-order valence-electron chi connectivity index (χ0n) is 20.0. The van der Waals surface area contributed by atoms with Crippen LogP contribution >= 0.6 is 0 Å². The van der Waals surface area contributed by atoms with Crippen molar-refractivity contribution < 1.29 is 14.3 Å². The summed E-state index contributed by atoms with van der Waals surface area (Å²) in [6, 6.07) is 21.9. The van der Waals surface area contributed by atoms with E-state index in [0.717, 1.165) is 29.8 Å². The highest BCUT2D eigenvalue weighted by molar-refractivity contribution is 5.95. The minimum atomic E-state index is -0.255. The first-order valence-electron chi connectivity index (χ1n) is 12.3. The van der Waals surface area contributed by atoms with E-state index in [1.54, 1.807) is 6.07 Å². The maximum absolute atomic E-state index is 13.3. The molecule has 3 aromatic carbocycles. The van der Waals surface area contributed by atoms with Crippen molar-refractivity contribution in [3.63, 3.8) is 0 Å². The van der Waals surface area contributed by atoms with Crippen molar-refractivity contribution in [1.29, 1.82) is 0 Å². The third kappa shape index (κ3) is 5.32. The molecular weight excluding hydrogens is 438 g/mol. The second-order valence-corrected chi connectivity index (χ2v) is 9.37. The fourth-order valence-corrected chi connectivity index (χ4v) is 4.92. The number of fused-ring (bicyclic) bond motifs is 1. The van der Waals surface area contributed by atoms with E-state index in [-0.39, 0.29) is 30.9 Å². The van der Waals surface area contributed by atoms with Gasteiger partial charge < -0.3 is 20.3 Å². The van der Waals surface area contributed by atoms with Crippen LogP contribution in [-0.4, -0.2) is 31.5 Å². The standard InChI is InChI=1S/C29H31N3O3/c1-20-10-12-23(25(16-20)32-14-6-3-7-15-32)29(22-8-4-2-5-9-22)31-27(33)18-21-11-13-24-26(17-21)35-19-28(34)30-24/h2,4-5,8-13,16-17,29H,3,6-7,14-15,18-19H2,1H3,(H,30,34)(H,31,33). The quantitative estimate of drug-likeness (QED) is 0.546. The fourth-order valence-electron chi connectivity index (χ4n) is 4.92. The Balaban J connectivity index is 1.42. The van der Waals surface area contributed by atoms with Crippen LogP contribution in [-0.2, 0) is 16.0 Å². The molecule has 0 saturated carbocycles. The van der Waals surface area contributed by atoms with E-state index in [0.29, 0.717) is 11.4 Å². The number of benzene rings is 3. The molecule has 1 atom stereocenters. The van der Waals surface area contributed by atoms with E-state index in [1.165, 1.54) is 30.5 Å². The average molecular weight is 470 g/mol. The molecule has 0 radical (unpaired) electrons. The first-order valence-corrected chi connectivity index (χ1v) is 12.3. The number of piperidine rings is 1. The van der Waals surface area contributed by atoms with Gasteiger partial charge in [0.2, 0.25) is 5.91 Å². The molecule has 0 bridgehead atoms. The maximum Gasteiger partial charge on any atom is 0.262 e. The summed E-state index contributed by atoms with van der Waals surface area (Å²) in [6.45, 7) is 4.19. The van der Waals surface area contributed by atoms with Crippen LogP contribution in [0.25, 0.3) is 0 Å². The molecule has 2 aliphatic rings. The molecule has 2 amide bonds. The number of carbonyl (C=O) groups is 2. The Morgan fingerprint density at radius 3 is 2.63 bits per heavy atom. The van der Waals surface area contributed by atoms with Crippen LogP contribution in [0.15, 0.2) is 66.7 Å². The van der Waals surface area contributed by atoms with Crippen molar-refractivity contribution >= 4 is 23.2 Å². The van der Waals surface area contributed by atoms with Crippen LogP contribution in [0.5, 0.6) is 5.75 Å². The smallest absolute Gasteiger partial charge is 0.262 e. The van der Waals surface area contributed by atoms with Crippen molar-refractivity contribution in [2.24, 2.45) is 0 Å². The number of anilines is 2. The summed E-state index contributed by atoms with van der Waals surface area (Å²) in [5.74, 6) is 0.362. The monoisotopic (exact) mass is 469 g/mol. The van der Waals surface area contributed by atoms with E-state index in [2.05, 4.69) is 52.8 Å². The normalized spacial score (nSPS) is 16.0. The molecule has 180 valence electrons. The summed E-state index contributed by atoms with van der Waals surface area (Å²) in [6.07, 6.45) is 3.87. The van der Waals surface area contributed by atoms with Crippen molar-refractivity contribution in [3.8, 4) is 5.75 Å². The lowest BCUT2D eigenvalue weighted by Crippen LogP contribution is -2.34. The lowest BCUT2D eigenvalue weighted by atomic mass is 9.94. The van der Waals surface area contributed by atoms with Gasteiger partial charge in [0.05, 0.1) is 18.2 Å². The summed E-state index contributed by atoms with van der Waals surface area (Å²) >= 11 is 0. The molecule has 2 heterocycles. The number of nitrogens with one attached hydrogen (secondary N) is 2. The highest BCUT2D eigenvalue weighted by Gasteiger charge is 2.24. The number of ether oxygens (including phenoxy) is 1. The van der Waals surface area contributed by atoms with E-state index in [9.17, 15) is 9.59 Å². The van der Waals surface area contributed by atoms with Crippen LogP contribution in [0.3, 0.4) is 0 Å². The van der Waals surface area contributed by atoms with Crippen molar-refractivity contribution in [2.75, 3.05) is 29.9 Å². The Morgan fingerprint density at radius 2 is 1.83 bits per heavy atom. The minimum absolute atomic E-state index is 0.00850. The SMILES string of the molecule is Cc1ccc(C(NC(=O)Cc2ccc3c(c2)OCC(=O)N3)c2ccccc2)c(N2CCCCC2)c1. The Kier molecular flexibility index (Phi) is 6.70. The van der Waals surface area contributed by atoms with Gasteiger partial charge in [-0.3, -0.25) is 9.59 Å². The molecule has 0 aromatic heterocycles. The predicted octanol–water partition coefficient (Wildman–Crippen LogP) is 4.76. The number of carbonyl (C=O) groups excluding carboxylic acids is 2. The van der Waals surface area contributed by atoms with Gasteiger partial charge in [0, 0.05) is 24.3 Å². The molecule has 0 aliphatic carbocycles. The largest absolute Gasteiger partial charge is 0.482 e. The van der Waals surface area contributed by atoms with Crippen molar-refractivity contribution in [3.05, 3.63) is 89.0 Å². The number of hydrogen-bond acceptors (Lipinski definition) is 4. The number of rotatable bonds is 6. The molecule has 2 N–H and O–H groups in total. The molecule has 3 aromatic rings.